The molecule has 0 saturated carbocycles. The topological polar surface area (TPSA) is 101 Å². The Balaban J connectivity index is 2.22. The van der Waals surface area contributed by atoms with E-state index < -0.39 is 6.10 Å². The maximum atomic E-state index is 12.3. The first-order chi connectivity index (χ1) is 10.3. The van der Waals surface area contributed by atoms with Crippen LogP contribution in [0.1, 0.15) is 41.3 Å². The van der Waals surface area contributed by atoms with Gasteiger partial charge in [0, 0.05) is 6.54 Å². The molecule has 7 heteroatoms. The summed E-state index contributed by atoms with van der Waals surface area (Å²) in [5.41, 5.74) is 6.72. The lowest BCUT2D eigenvalue weighted by Gasteiger charge is -2.17. The van der Waals surface area contributed by atoms with Gasteiger partial charge < -0.3 is 16.2 Å². The van der Waals surface area contributed by atoms with Crippen molar-refractivity contribution in [3.8, 4) is 0 Å². The Kier molecular flexibility index (Phi) is 4.97. The molecule has 6 nitrogen and oxygen atoms in total. The number of nitrogen functional groups attached to an aromatic ring is 1. The minimum atomic E-state index is -0.546. The molecule has 2 atom stereocenters. The fourth-order valence-electron chi connectivity index (χ4n) is 2.25. The zero-order chi connectivity index (χ0) is 16.4. The molecule has 0 bridgehead atoms. The van der Waals surface area contributed by atoms with Gasteiger partial charge in [-0.25, -0.2) is 9.97 Å². The molecule has 2 rings (SSSR count). The fourth-order valence-corrected chi connectivity index (χ4v) is 3.40. The third kappa shape index (κ3) is 3.20. The second-order valence-electron chi connectivity index (χ2n) is 5.56. The van der Waals surface area contributed by atoms with Gasteiger partial charge in [0.1, 0.15) is 16.5 Å². The molecular weight excluding hydrogens is 300 g/mol. The number of aryl methyl sites for hydroxylation is 2. The van der Waals surface area contributed by atoms with Gasteiger partial charge in [-0.1, -0.05) is 20.3 Å². The van der Waals surface area contributed by atoms with E-state index in [9.17, 15) is 9.90 Å². The molecule has 0 spiro atoms. The normalized spacial score (nSPS) is 14.0. The lowest BCUT2D eigenvalue weighted by molar-refractivity contribution is 0.0853. The van der Waals surface area contributed by atoms with Gasteiger partial charge in [0.05, 0.1) is 16.4 Å². The minimum Gasteiger partial charge on any atom is -0.391 e. The second-order valence-corrected chi connectivity index (χ2v) is 6.55. The molecule has 0 aliphatic rings. The summed E-state index contributed by atoms with van der Waals surface area (Å²) in [7, 11) is 0. The van der Waals surface area contributed by atoms with Gasteiger partial charge in [0.25, 0.3) is 5.91 Å². The summed E-state index contributed by atoms with van der Waals surface area (Å²) in [6.45, 7) is 7.82. The molecule has 0 aliphatic heterocycles. The SMILES string of the molecule is CCC(C)C(O)CNC(=O)c1sc2nc(C)nc(N)c2c1C. The summed E-state index contributed by atoms with van der Waals surface area (Å²) in [6, 6.07) is 0. The largest absolute Gasteiger partial charge is 0.391 e. The molecule has 4 N–H and O–H groups in total. The number of aliphatic hydroxyl groups is 1. The predicted molar refractivity (Wildman–Crippen MR) is 89.1 cm³/mol. The van der Waals surface area contributed by atoms with Crippen molar-refractivity contribution in [1.82, 2.24) is 15.3 Å². The third-order valence-corrected chi connectivity index (χ3v) is 5.09. The van der Waals surface area contributed by atoms with E-state index in [1.165, 1.54) is 11.3 Å². The van der Waals surface area contributed by atoms with Gasteiger partial charge in [-0.05, 0) is 25.3 Å². The first-order valence-electron chi connectivity index (χ1n) is 7.34. The Hall–Kier alpha value is -1.73. The van der Waals surface area contributed by atoms with Crippen LogP contribution in [0.4, 0.5) is 5.82 Å². The highest BCUT2D eigenvalue weighted by atomic mass is 32.1. The highest BCUT2D eigenvalue weighted by Crippen LogP contribution is 2.32. The fraction of sp³-hybridized carbons (Fsp3) is 0.533. The van der Waals surface area contributed by atoms with E-state index in [1.54, 1.807) is 6.92 Å². The summed E-state index contributed by atoms with van der Waals surface area (Å²) in [6.07, 6.45) is 0.320. The Bertz CT molecular complexity index is 698. The lowest BCUT2D eigenvalue weighted by atomic mass is 10.0. The minimum absolute atomic E-state index is 0.146. The number of nitrogens with two attached hydrogens (primary N) is 1. The zero-order valence-corrected chi connectivity index (χ0v) is 14.1. The standard InChI is InChI=1S/C15H22N4O2S/c1-5-7(2)10(20)6-17-14(21)12-8(3)11-13(16)18-9(4)19-15(11)22-12/h7,10,20H,5-6H2,1-4H3,(H,17,21)(H2,16,18,19). The molecule has 120 valence electrons. The molecule has 0 aromatic carbocycles. The van der Waals surface area contributed by atoms with Gasteiger partial charge in [-0.15, -0.1) is 11.3 Å². The van der Waals surface area contributed by atoms with Crippen LogP contribution in [0.15, 0.2) is 0 Å². The Labute approximate surface area is 133 Å². The molecule has 0 fully saturated rings. The predicted octanol–water partition coefficient (Wildman–Crippen LogP) is 2.03. The highest BCUT2D eigenvalue weighted by Gasteiger charge is 2.20. The van der Waals surface area contributed by atoms with Gasteiger partial charge in [0.2, 0.25) is 0 Å². The van der Waals surface area contributed by atoms with Gasteiger partial charge in [0.15, 0.2) is 0 Å². The van der Waals surface area contributed by atoms with Crippen LogP contribution in [-0.2, 0) is 0 Å². The van der Waals surface area contributed by atoms with Crippen molar-refractivity contribution in [2.24, 2.45) is 5.92 Å². The number of amides is 1. The van der Waals surface area contributed by atoms with Crippen LogP contribution < -0.4 is 11.1 Å². The number of aromatic nitrogens is 2. The molecule has 2 unspecified atom stereocenters. The maximum absolute atomic E-state index is 12.3. The van der Waals surface area contributed by atoms with Crippen molar-refractivity contribution < 1.29 is 9.90 Å². The zero-order valence-electron chi connectivity index (χ0n) is 13.3. The number of fused-ring (bicyclic) bond motifs is 1. The van der Waals surface area contributed by atoms with E-state index in [1.807, 2.05) is 20.8 Å². The van der Waals surface area contributed by atoms with Crippen LogP contribution >= 0.6 is 11.3 Å². The van der Waals surface area contributed by atoms with E-state index in [2.05, 4.69) is 15.3 Å². The van der Waals surface area contributed by atoms with E-state index in [-0.39, 0.29) is 18.4 Å². The molecule has 2 heterocycles. The monoisotopic (exact) mass is 322 g/mol. The highest BCUT2D eigenvalue weighted by molar-refractivity contribution is 7.20. The Morgan fingerprint density at radius 2 is 2.09 bits per heavy atom. The van der Waals surface area contributed by atoms with Crippen LogP contribution in [0.3, 0.4) is 0 Å². The molecule has 0 radical (unpaired) electrons. The van der Waals surface area contributed by atoms with Crippen molar-refractivity contribution in [2.75, 3.05) is 12.3 Å². The molecule has 2 aromatic heterocycles. The summed E-state index contributed by atoms with van der Waals surface area (Å²) in [5, 5.41) is 13.5. The Morgan fingerprint density at radius 1 is 1.41 bits per heavy atom. The average Bonchev–Trinajstić information content (AvgIpc) is 2.80. The van der Waals surface area contributed by atoms with Crippen molar-refractivity contribution in [1.29, 1.82) is 0 Å². The van der Waals surface area contributed by atoms with Crippen LogP contribution in [0.25, 0.3) is 10.2 Å². The quantitative estimate of drug-likeness (QED) is 0.782. The number of carbonyl (C=O) groups excluding carboxylic acids is 1. The third-order valence-electron chi connectivity index (χ3n) is 3.91. The molecule has 2 aromatic rings. The average molecular weight is 322 g/mol. The van der Waals surface area contributed by atoms with Crippen LogP contribution in [0.5, 0.6) is 0 Å². The lowest BCUT2D eigenvalue weighted by Crippen LogP contribution is -2.35. The summed E-state index contributed by atoms with van der Waals surface area (Å²) in [5.74, 6) is 0.924. The van der Waals surface area contributed by atoms with Crippen LogP contribution in [0, 0.1) is 19.8 Å². The summed E-state index contributed by atoms with van der Waals surface area (Å²) >= 11 is 1.30. The van der Waals surface area contributed by atoms with E-state index in [0.29, 0.717) is 16.5 Å². The van der Waals surface area contributed by atoms with Gasteiger partial charge in [-0.3, -0.25) is 4.79 Å². The van der Waals surface area contributed by atoms with E-state index in [4.69, 9.17) is 5.73 Å². The number of aliphatic hydroxyl groups excluding tert-OH is 1. The number of carbonyl (C=O) groups is 1. The van der Waals surface area contributed by atoms with Gasteiger partial charge >= 0.3 is 0 Å². The molecule has 0 aliphatic carbocycles. The summed E-state index contributed by atoms with van der Waals surface area (Å²) < 4.78 is 0. The number of anilines is 1. The van der Waals surface area contributed by atoms with Gasteiger partial charge in [-0.2, -0.15) is 0 Å². The molecular formula is C15H22N4O2S. The van der Waals surface area contributed by atoms with Crippen molar-refractivity contribution in [3.63, 3.8) is 0 Å². The number of rotatable bonds is 5. The smallest absolute Gasteiger partial charge is 0.261 e. The van der Waals surface area contributed by atoms with E-state index >= 15 is 0 Å². The van der Waals surface area contributed by atoms with E-state index in [0.717, 1.165) is 22.2 Å². The van der Waals surface area contributed by atoms with Crippen LogP contribution in [0.2, 0.25) is 0 Å². The van der Waals surface area contributed by atoms with Crippen molar-refractivity contribution in [2.45, 2.75) is 40.2 Å². The first kappa shape index (κ1) is 16.6. The number of hydrogen-bond acceptors (Lipinski definition) is 6. The number of hydrogen-bond donors (Lipinski definition) is 3. The number of thiophene rings is 1. The number of nitrogens with one attached hydrogen (secondary N) is 1. The van der Waals surface area contributed by atoms with Crippen molar-refractivity contribution >= 4 is 33.3 Å². The Morgan fingerprint density at radius 3 is 2.73 bits per heavy atom. The second kappa shape index (κ2) is 6.58. The number of nitrogens with zero attached hydrogens (tertiary/aromatic N) is 2. The first-order valence-corrected chi connectivity index (χ1v) is 8.16. The van der Waals surface area contributed by atoms with Crippen molar-refractivity contribution in [3.05, 3.63) is 16.3 Å². The summed E-state index contributed by atoms with van der Waals surface area (Å²) in [4.78, 5) is 22.1. The molecule has 0 saturated heterocycles. The molecule has 22 heavy (non-hydrogen) atoms. The van der Waals surface area contributed by atoms with Crippen LogP contribution in [-0.4, -0.2) is 33.6 Å². The molecule has 1 amide bonds. The maximum Gasteiger partial charge on any atom is 0.261 e.